The highest BCUT2D eigenvalue weighted by Crippen LogP contribution is 2.35. The highest BCUT2D eigenvalue weighted by Gasteiger charge is 2.24. The highest BCUT2D eigenvalue weighted by atomic mass is 32.2. The van der Waals surface area contributed by atoms with Gasteiger partial charge in [0.25, 0.3) is 0 Å². The molecule has 0 spiro atoms. The van der Waals surface area contributed by atoms with Crippen molar-refractivity contribution < 1.29 is 13.2 Å². The van der Waals surface area contributed by atoms with Gasteiger partial charge in [0.05, 0.1) is 29.0 Å². The number of sulfonamides is 1. The number of para-hydroxylation sites is 1. The number of fused-ring (bicyclic) bond motifs is 3. The summed E-state index contributed by atoms with van der Waals surface area (Å²) in [4.78, 5) is 27.4. The molecule has 0 bridgehead atoms. The van der Waals surface area contributed by atoms with Crippen molar-refractivity contribution in [3.05, 3.63) is 79.0 Å². The van der Waals surface area contributed by atoms with E-state index in [2.05, 4.69) is 25.0 Å². The topological polar surface area (TPSA) is 122 Å². The minimum absolute atomic E-state index is 0.0300. The van der Waals surface area contributed by atoms with Crippen molar-refractivity contribution >= 4 is 33.3 Å². The van der Waals surface area contributed by atoms with E-state index in [0.29, 0.717) is 36.8 Å². The number of nitrogens with zero attached hydrogens (tertiary/aromatic N) is 5. The monoisotopic (exact) mass is 503 g/mol. The van der Waals surface area contributed by atoms with Crippen LogP contribution in [0.3, 0.4) is 0 Å². The van der Waals surface area contributed by atoms with Gasteiger partial charge in [0, 0.05) is 55.5 Å². The van der Waals surface area contributed by atoms with Crippen LogP contribution in [0.25, 0.3) is 11.3 Å². The summed E-state index contributed by atoms with van der Waals surface area (Å²) in [6.45, 7) is 1.00. The second-order valence-electron chi connectivity index (χ2n) is 8.42. The van der Waals surface area contributed by atoms with Crippen LogP contribution in [0.5, 0.6) is 0 Å². The standard InChI is InChI=1S/C25H25N7O3S/c1-31-22-6-3-2-5-21(22)24-18(15-23(31)33)16-27-25(30-24)29-19-7-9-20(10-8-19)36(34,35)28-11-4-13-32-14-12-26-17-32/h2-3,5-10,12,14,16-17,28H,4,11,13,15H2,1H3,(H,27,29,30). The third kappa shape index (κ3) is 4.97. The van der Waals surface area contributed by atoms with Gasteiger partial charge >= 0.3 is 0 Å². The van der Waals surface area contributed by atoms with Crippen LogP contribution in [0.4, 0.5) is 17.3 Å². The molecule has 5 rings (SSSR count). The molecule has 1 aliphatic heterocycles. The van der Waals surface area contributed by atoms with Crippen LogP contribution in [0.1, 0.15) is 12.0 Å². The maximum atomic E-state index is 12.6. The van der Waals surface area contributed by atoms with Gasteiger partial charge in [-0.2, -0.15) is 0 Å². The predicted molar refractivity (Wildman–Crippen MR) is 136 cm³/mol. The lowest BCUT2D eigenvalue weighted by Crippen LogP contribution is -2.26. The van der Waals surface area contributed by atoms with Crippen LogP contribution >= 0.6 is 0 Å². The van der Waals surface area contributed by atoms with E-state index >= 15 is 0 Å². The van der Waals surface area contributed by atoms with Crippen LogP contribution in [0, 0.1) is 0 Å². The zero-order valence-corrected chi connectivity index (χ0v) is 20.4. The van der Waals surface area contributed by atoms with Gasteiger partial charge in [-0.25, -0.2) is 28.1 Å². The summed E-state index contributed by atoms with van der Waals surface area (Å²) in [5, 5.41) is 3.13. The van der Waals surface area contributed by atoms with Gasteiger partial charge in [-0.15, -0.1) is 0 Å². The number of amides is 1. The lowest BCUT2D eigenvalue weighted by Gasteiger charge is -2.16. The first kappa shape index (κ1) is 23.6. The third-order valence-electron chi connectivity index (χ3n) is 5.97. The van der Waals surface area contributed by atoms with E-state index in [4.69, 9.17) is 0 Å². The molecule has 0 atom stereocenters. The molecule has 3 heterocycles. The molecule has 10 nitrogen and oxygen atoms in total. The summed E-state index contributed by atoms with van der Waals surface area (Å²) < 4.78 is 29.8. The lowest BCUT2D eigenvalue weighted by molar-refractivity contribution is -0.117. The summed E-state index contributed by atoms with van der Waals surface area (Å²) in [6, 6.07) is 14.0. The average molecular weight is 504 g/mol. The Morgan fingerprint density at radius 2 is 1.89 bits per heavy atom. The second kappa shape index (κ2) is 9.88. The summed E-state index contributed by atoms with van der Waals surface area (Å²) in [5.41, 5.74) is 3.73. The molecule has 0 saturated heterocycles. The minimum Gasteiger partial charge on any atom is -0.337 e. The molecule has 1 aliphatic rings. The Morgan fingerprint density at radius 1 is 1.08 bits per heavy atom. The number of imidazole rings is 1. The maximum absolute atomic E-state index is 12.6. The number of rotatable bonds is 8. The molecule has 1 amide bonds. The Morgan fingerprint density at radius 3 is 2.67 bits per heavy atom. The zero-order valence-electron chi connectivity index (χ0n) is 19.6. The molecule has 0 fully saturated rings. The van der Waals surface area contributed by atoms with Crippen molar-refractivity contribution in [3.63, 3.8) is 0 Å². The fraction of sp³-hybridized carbons (Fsp3) is 0.200. The van der Waals surface area contributed by atoms with Gasteiger partial charge in [-0.3, -0.25) is 4.79 Å². The smallest absolute Gasteiger partial charge is 0.240 e. The number of benzene rings is 2. The summed E-state index contributed by atoms with van der Waals surface area (Å²) in [5.74, 6) is 0.325. The van der Waals surface area contributed by atoms with E-state index in [1.165, 1.54) is 12.1 Å². The van der Waals surface area contributed by atoms with Crippen molar-refractivity contribution in [1.82, 2.24) is 24.2 Å². The van der Waals surface area contributed by atoms with Crippen molar-refractivity contribution in [1.29, 1.82) is 0 Å². The summed E-state index contributed by atoms with van der Waals surface area (Å²) in [6.07, 6.45) is 7.74. The quantitative estimate of drug-likeness (QED) is 0.355. The number of aromatic nitrogens is 4. The maximum Gasteiger partial charge on any atom is 0.240 e. The predicted octanol–water partition coefficient (Wildman–Crippen LogP) is 2.97. The van der Waals surface area contributed by atoms with Crippen LogP contribution in [-0.2, 0) is 27.8 Å². The van der Waals surface area contributed by atoms with E-state index in [9.17, 15) is 13.2 Å². The van der Waals surface area contributed by atoms with E-state index in [1.807, 2.05) is 35.0 Å². The van der Waals surface area contributed by atoms with Crippen LogP contribution < -0.4 is 14.9 Å². The Labute approximate surface area is 209 Å². The van der Waals surface area contributed by atoms with E-state index in [-0.39, 0.29) is 17.2 Å². The number of hydrogen-bond donors (Lipinski definition) is 2. The normalized spacial score (nSPS) is 13.1. The van der Waals surface area contributed by atoms with Gasteiger partial charge < -0.3 is 14.8 Å². The number of hydrogen-bond acceptors (Lipinski definition) is 7. The van der Waals surface area contributed by atoms with Crippen LogP contribution in [0.2, 0.25) is 0 Å². The molecular formula is C25H25N7O3S. The number of nitrogens with one attached hydrogen (secondary N) is 2. The van der Waals surface area contributed by atoms with Crippen molar-refractivity contribution in [2.45, 2.75) is 24.3 Å². The second-order valence-corrected chi connectivity index (χ2v) is 10.2. The third-order valence-corrected chi connectivity index (χ3v) is 7.44. The van der Waals surface area contributed by atoms with Crippen molar-refractivity contribution in [3.8, 4) is 11.3 Å². The number of likely N-dealkylation sites (N-methyl/N-ethyl adjacent to an activating group) is 1. The molecule has 184 valence electrons. The number of carbonyl (C=O) groups is 1. The molecule has 2 aromatic heterocycles. The van der Waals surface area contributed by atoms with E-state index in [1.54, 1.807) is 42.8 Å². The SMILES string of the molecule is CN1C(=O)Cc2cnc(Nc3ccc(S(=O)(=O)NCCCn4ccnc4)cc3)nc2-c2ccccc21. The first-order valence-electron chi connectivity index (χ1n) is 11.4. The fourth-order valence-corrected chi connectivity index (χ4v) is 5.10. The summed E-state index contributed by atoms with van der Waals surface area (Å²) >= 11 is 0. The fourth-order valence-electron chi connectivity index (χ4n) is 4.03. The molecule has 11 heteroatoms. The molecule has 2 aromatic carbocycles. The van der Waals surface area contributed by atoms with Gasteiger partial charge in [-0.1, -0.05) is 18.2 Å². The first-order valence-corrected chi connectivity index (χ1v) is 12.9. The summed E-state index contributed by atoms with van der Waals surface area (Å²) in [7, 11) is -1.87. The van der Waals surface area contributed by atoms with Crippen molar-refractivity contribution in [2.75, 3.05) is 23.8 Å². The molecule has 0 saturated carbocycles. The lowest BCUT2D eigenvalue weighted by atomic mass is 10.1. The van der Waals surface area contributed by atoms with E-state index in [0.717, 1.165) is 16.8 Å². The van der Waals surface area contributed by atoms with Gasteiger partial charge in [0.2, 0.25) is 21.9 Å². The zero-order chi connectivity index (χ0) is 25.1. The molecular weight excluding hydrogens is 478 g/mol. The minimum atomic E-state index is -3.62. The Bertz CT molecular complexity index is 1490. The average Bonchev–Trinajstić information content (AvgIpc) is 3.38. The molecule has 2 N–H and O–H groups in total. The van der Waals surface area contributed by atoms with Gasteiger partial charge in [-0.05, 0) is 36.8 Å². The Hall–Kier alpha value is -4.09. The number of carbonyl (C=O) groups excluding carboxylic acids is 1. The number of aryl methyl sites for hydroxylation is 1. The molecule has 4 aromatic rings. The number of anilines is 3. The van der Waals surface area contributed by atoms with Gasteiger partial charge in [0.1, 0.15) is 0 Å². The van der Waals surface area contributed by atoms with E-state index < -0.39 is 10.0 Å². The largest absolute Gasteiger partial charge is 0.337 e. The molecule has 0 radical (unpaired) electrons. The van der Waals surface area contributed by atoms with Crippen LogP contribution in [-0.4, -0.2) is 47.4 Å². The van der Waals surface area contributed by atoms with Gasteiger partial charge in [0.15, 0.2) is 0 Å². The highest BCUT2D eigenvalue weighted by molar-refractivity contribution is 7.89. The van der Waals surface area contributed by atoms with Crippen LogP contribution in [0.15, 0.2) is 78.3 Å². The molecule has 36 heavy (non-hydrogen) atoms. The Kier molecular flexibility index (Phi) is 6.49. The Balaban J connectivity index is 1.29. The first-order chi connectivity index (χ1) is 17.4. The molecule has 0 aliphatic carbocycles. The molecule has 0 unspecified atom stereocenters. The van der Waals surface area contributed by atoms with Crippen molar-refractivity contribution in [2.24, 2.45) is 0 Å².